The molecule has 0 rings (SSSR count). The van der Waals surface area contributed by atoms with Crippen molar-refractivity contribution < 1.29 is 14.3 Å². The van der Waals surface area contributed by atoms with E-state index >= 15 is 0 Å². The predicted molar refractivity (Wildman–Crippen MR) is 63.2 cm³/mol. The first-order valence-corrected chi connectivity index (χ1v) is 5.84. The molecule has 0 aliphatic rings. The Morgan fingerprint density at radius 3 is 2.69 bits per heavy atom. The van der Waals surface area contributed by atoms with Gasteiger partial charge in [0, 0.05) is 26.7 Å². The molecular formula is C11H24N2O3. The van der Waals surface area contributed by atoms with E-state index in [1.54, 1.807) is 7.11 Å². The summed E-state index contributed by atoms with van der Waals surface area (Å²) in [6.07, 6.45) is 3.19. The van der Waals surface area contributed by atoms with Crippen molar-refractivity contribution in [2.24, 2.45) is 5.73 Å². The number of rotatable bonds is 11. The van der Waals surface area contributed by atoms with Gasteiger partial charge in [-0.05, 0) is 25.8 Å². The van der Waals surface area contributed by atoms with Crippen molar-refractivity contribution in [3.8, 4) is 0 Å². The highest BCUT2D eigenvalue weighted by Crippen LogP contribution is 1.90. The summed E-state index contributed by atoms with van der Waals surface area (Å²) in [6.45, 7) is 3.29. The third-order valence-corrected chi connectivity index (χ3v) is 2.08. The first kappa shape index (κ1) is 15.3. The molecule has 0 atom stereocenters. The second kappa shape index (κ2) is 12.4. The summed E-state index contributed by atoms with van der Waals surface area (Å²) in [4.78, 5) is 11.2. The summed E-state index contributed by atoms with van der Waals surface area (Å²) in [6, 6.07) is 0. The average molecular weight is 232 g/mol. The summed E-state index contributed by atoms with van der Waals surface area (Å²) >= 11 is 0. The van der Waals surface area contributed by atoms with Crippen LogP contribution in [0.3, 0.4) is 0 Å². The minimum absolute atomic E-state index is 0.0887. The van der Waals surface area contributed by atoms with Gasteiger partial charge in [-0.2, -0.15) is 0 Å². The highest BCUT2D eigenvalue weighted by Gasteiger charge is 1.98. The number of nitrogens with one attached hydrogen (secondary N) is 1. The summed E-state index contributed by atoms with van der Waals surface area (Å²) in [7, 11) is 1.65. The van der Waals surface area contributed by atoms with Crippen LogP contribution in [0.2, 0.25) is 0 Å². The lowest BCUT2D eigenvalue weighted by molar-refractivity contribution is -0.121. The summed E-state index contributed by atoms with van der Waals surface area (Å²) in [5, 5.41) is 2.84. The maximum atomic E-state index is 11.2. The fourth-order valence-electron chi connectivity index (χ4n) is 1.15. The normalized spacial score (nSPS) is 10.4. The number of ether oxygens (including phenoxy) is 2. The SMILES string of the molecule is COCCOCCCCNC(=O)CCCN. The Hall–Kier alpha value is -0.650. The van der Waals surface area contributed by atoms with Gasteiger partial charge < -0.3 is 20.5 Å². The fraction of sp³-hybridized carbons (Fsp3) is 0.909. The van der Waals surface area contributed by atoms with E-state index < -0.39 is 0 Å². The number of unbranched alkanes of at least 4 members (excludes halogenated alkanes) is 1. The molecule has 3 N–H and O–H groups in total. The van der Waals surface area contributed by atoms with E-state index in [-0.39, 0.29) is 5.91 Å². The van der Waals surface area contributed by atoms with E-state index in [4.69, 9.17) is 15.2 Å². The zero-order valence-electron chi connectivity index (χ0n) is 10.2. The van der Waals surface area contributed by atoms with Crippen LogP contribution < -0.4 is 11.1 Å². The zero-order chi connectivity index (χ0) is 12.1. The lowest BCUT2D eigenvalue weighted by Crippen LogP contribution is -2.25. The first-order chi connectivity index (χ1) is 7.81. The van der Waals surface area contributed by atoms with E-state index in [0.717, 1.165) is 32.4 Å². The van der Waals surface area contributed by atoms with Crippen LogP contribution in [0.15, 0.2) is 0 Å². The van der Waals surface area contributed by atoms with Crippen LogP contribution in [0.1, 0.15) is 25.7 Å². The number of carbonyl (C=O) groups is 1. The maximum Gasteiger partial charge on any atom is 0.220 e. The van der Waals surface area contributed by atoms with Gasteiger partial charge in [0.2, 0.25) is 5.91 Å². The van der Waals surface area contributed by atoms with Gasteiger partial charge in [0.15, 0.2) is 0 Å². The zero-order valence-corrected chi connectivity index (χ0v) is 10.2. The molecule has 0 aromatic rings. The molecule has 0 radical (unpaired) electrons. The molecule has 0 spiro atoms. The highest BCUT2D eigenvalue weighted by molar-refractivity contribution is 5.75. The third kappa shape index (κ3) is 11.4. The van der Waals surface area contributed by atoms with Crippen LogP contribution >= 0.6 is 0 Å². The number of carbonyl (C=O) groups excluding carboxylic acids is 1. The van der Waals surface area contributed by atoms with Crippen LogP contribution in [0.4, 0.5) is 0 Å². The van der Waals surface area contributed by atoms with Crippen LogP contribution in [-0.4, -0.2) is 45.9 Å². The van der Waals surface area contributed by atoms with Gasteiger partial charge in [0.1, 0.15) is 0 Å². The summed E-state index contributed by atoms with van der Waals surface area (Å²) < 4.78 is 10.1. The predicted octanol–water partition coefficient (Wildman–Crippen LogP) is 0.285. The number of hydrogen-bond acceptors (Lipinski definition) is 4. The number of nitrogens with two attached hydrogens (primary N) is 1. The molecule has 16 heavy (non-hydrogen) atoms. The molecule has 0 aromatic carbocycles. The Morgan fingerprint density at radius 2 is 2.00 bits per heavy atom. The molecule has 1 amide bonds. The highest BCUT2D eigenvalue weighted by atomic mass is 16.5. The molecule has 0 heterocycles. The molecule has 0 aromatic heterocycles. The molecule has 0 bridgehead atoms. The van der Waals surface area contributed by atoms with Crippen molar-refractivity contribution in [2.75, 3.05) is 40.0 Å². The molecule has 5 heteroatoms. The standard InChI is InChI=1S/C11H24N2O3/c1-15-9-10-16-8-3-2-7-13-11(14)5-4-6-12/h2-10,12H2,1H3,(H,13,14). The van der Waals surface area contributed by atoms with E-state index in [2.05, 4.69) is 5.32 Å². The van der Waals surface area contributed by atoms with Crippen LogP contribution in [-0.2, 0) is 14.3 Å². The number of amides is 1. The van der Waals surface area contributed by atoms with Crippen molar-refractivity contribution in [3.63, 3.8) is 0 Å². The van der Waals surface area contributed by atoms with E-state index in [1.165, 1.54) is 0 Å². The van der Waals surface area contributed by atoms with Crippen molar-refractivity contribution in [1.82, 2.24) is 5.32 Å². The van der Waals surface area contributed by atoms with Crippen LogP contribution in [0, 0.1) is 0 Å². The molecule has 0 saturated carbocycles. The minimum Gasteiger partial charge on any atom is -0.382 e. The Kier molecular flexibility index (Phi) is 11.9. The van der Waals surface area contributed by atoms with Gasteiger partial charge in [-0.25, -0.2) is 0 Å². The topological polar surface area (TPSA) is 73.6 Å². The van der Waals surface area contributed by atoms with Crippen molar-refractivity contribution in [1.29, 1.82) is 0 Å². The van der Waals surface area contributed by atoms with Crippen LogP contribution in [0.25, 0.3) is 0 Å². The van der Waals surface area contributed by atoms with Gasteiger partial charge in [-0.1, -0.05) is 0 Å². The van der Waals surface area contributed by atoms with Gasteiger partial charge in [0.25, 0.3) is 0 Å². The third-order valence-electron chi connectivity index (χ3n) is 2.08. The average Bonchev–Trinajstić information content (AvgIpc) is 2.30. The second-order valence-electron chi connectivity index (χ2n) is 3.55. The second-order valence-corrected chi connectivity index (χ2v) is 3.55. The van der Waals surface area contributed by atoms with Gasteiger partial charge in [0.05, 0.1) is 13.2 Å². The van der Waals surface area contributed by atoms with Crippen molar-refractivity contribution in [2.45, 2.75) is 25.7 Å². The largest absolute Gasteiger partial charge is 0.382 e. The Morgan fingerprint density at radius 1 is 1.19 bits per heavy atom. The summed E-state index contributed by atoms with van der Waals surface area (Å²) in [5.74, 6) is 0.0887. The fourth-order valence-corrected chi connectivity index (χ4v) is 1.15. The summed E-state index contributed by atoms with van der Waals surface area (Å²) in [5.41, 5.74) is 5.30. The lowest BCUT2D eigenvalue weighted by Gasteiger charge is -2.05. The van der Waals surface area contributed by atoms with Crippen molar-refractivity contribution in [3.05, 3.63) is 0 Å². The van der Waals surface area contributed by atoms with E-state index in [0.29, 0.717) is 26.2 Å². The van der Waals surface area contributed by atoms with Crippen molar-refractivity contribution >= 4 is 5.91 Å². The Bertz CT molecular complexity index is 165. The molecule has 0 saturated heterocycles. The maximum absolute atomic E-state index is 11.2. The van der Waals surface area contributed by atoms with Crippen LogP contribution in [0.5, 0.6) is 0 Å². The minimum atomic E-state index is 0.0887. The molecular weight excluding hydrogens is 208 g/mol. The smallest absolute Gasteiger partial charge is 0.220 e. The van der Waals surface area contributed by atoms with Gasteiger partial charge in [-0.3, -0.25) is 4.79 Å². The molecule has 5 nitrogen and oxygen atoms in total. The van der Waals surface area contributed by atoms with Gasteiger partial charge >= 0.3 is 0 Å². The van der Waals surface area contributed by atoms with Gasteiger partial charge in [-0.15, -0.1) is 0 Å². The molecule has 0 aliphatic carbocycles. The number of hydrogen-bond donors (Lipinski definition) is 2. The number of methoxy groups -OCH3 is 1. The van der Waals surface area contributed by atoms with E-state index in [1.807, 2.05) is 0 Å². The lowest BCUT2D eigenvalue weighted by atomic mass is 10.3. The quantitative estimate of drug-likeness (QED) is 0.502. The Labute approximate surface area is 97.7 Å². The molecule has 96 valence electrons. The Balaban J connectivity index is 3.05. The first-order valence-electron chi connectivity index (χ1n) is 5.84. The monoisotopic (exact) mass is 232 g/mol. The molecule has 0 aliphatic heterocycles. The van der Waals surface area contributed by atoms with E-state index in [9.17, 15) is 4.79 Å². The molecule has 0 unspecified atom stereocenters. The molecule has 0 fully saturated rings.